The van der Waals surface area contributed by atoms with Crippen LogP contribution in [0.25, 0.3) is 0 Å². The molecule has 1 N–H and O–H groups in total. The van der Waals surface area contributed by atoms with Crippen molar-refractivity contribution < 1.29 is 0 Å². The van der Waals surface area contributed by atoms with E-state index in [9.17, 15) is 0 Å². The van der Waals surface area contributed by atoms with Crippen LogP contribution in [0, 0.1) is 0 Å². The molecule has 0 aromatic rings. The van der Waals surface area contributed by atoms with Gasteiger partial charge in [0.1, 0.15) is 0 Å². The Kier molecular flexibility index (Phi) is 3.79. The van der Waals surface area contributed by atoms with Gasteiger partial charge in [0, 0.05) is 45.3 Å². The van der Waals surface area contributed by atoms with Gasteiger partial charge in [0.05, 0.1) is 0 Å². The second-order valence-electron chi connectivity index (χ2n) is 4.46. The summed E-state index contributed by atoms with van der Waals surface area (Å²) in [5, 5.41) is 3.39. The number of nitrogens with one attached hydrogen (secondary N) is 1. The fourth-order valence-corrected chi connectivity index (χ4v) is 2.21. The van der Waals surface area contributed by atoms with Crippen molar-refractivity contribution in [3.8, 4) is 0 Å². The zero-order chi connectivity index (χ0) is 9.80. The molecule has 1 saturated carbocycles. The average Bonchev–Trinajstić information content (AvgIpc) is 3.03. The highest BCUT2D eigenvalue weighted by Gasteiger charge is 2.30. The molecular formula is C11H23N3. The Hall–Kier alpha value is -0.120. The van der Waals surface area contributed by atoms with Crippen LogP contribution in [0.1, 0.15) is 19.8 Å². The van der Waals surface area contributed by atoms with E-state index >= 15 is 0 Å². The van der Waals surface area contributed by atoms with Gasteiger partial charge in [-0.1, -0.05) is 6.92 Å². The van der Waals surface area contributed by atoms with Gasteiger partial charge < -0.3 is 5.32 Å². The molecule has 0 spiro atoms. The van der Waals surface area contributed by atoms with Crippen LogP contribution in [0.4, 0.5) is 0 Å². The van der Waals surface area contributed by atoms with E-state index in [-0.39, 0.29) is 0 Å². The maximum atomic E-state index is 3.39. The maximum Gasteiger partial charge on any atom is 0.0113 e. The van der Waals surface area contributed by atoms with Gasteiger partial charge in [-0.3, -0.25) is 9.80 Å². The van der Waals surface area contributed by atoms with Gasteiger partial charge in [-0.05, 0) is 19.4 Å². The second kappa shape index (κ2) is 5.10. The Morgan fingerprint density at radius 3 is 2.43 bits per heavy atom. The van der Waals surface area contributed by atoms with Gasteiger partial charge >= 0.3 is 0 Å². The molecule has 0 aromatic heterocycles. The molecule has 0 atom stereocenters. The Morgan fingerprint density at radius 2 is 1.86 bits per heavy atom. The van der Waals surface area contributed by atoms with E-state index in [1.165, 1.54) is 45.6 Å². The number of piperazine rings is 1. The van der Waals surface area contributed by atoms with Crippen molar-refractivity contribution in [2.45, 2.75) is 25.8 Å². The molecule has 2 rings (SSSR count). The molecule has 2 fully saturated rings. The average molecular weight is 197 g/mol. The predicted molar refractivity (Wildman–Crippen MR) is 59.6 cm³/mol. The lowest BCUT2D eigenvalue weighted by atomic mass is 10.3. The third kappa shape index (κ3) is 2.94. The molecule has 1 aliphatic carbocycles. The van der Waals surface area contributed by atoms with Gasteiger partial charge in [-0.15, -0.1) is 0 Å². The summed E-state index contributed by atoms with van der Waals surface area (Å²) in [7, 11) is 0. The predicted octanol–water partition coefficient (Wildman–Crippen LogP) is 0.376. The highest BCUT2D eigenvalue weighted by molar-refractivity contribution is 4.87. The van der Waals surface area contributed by atoms with Gasteiger partial charge in [-0.2, -0.15) is 0 Å². The number of likely N-dealkylation sites (N-methyl/N-ethyl adjacent to an activating group) is 1. The van der Waals surface area contributed by atoms with Crippen LogP contribution in [0.15, 0.2) is 0 Å². The Bertz CT molecular complexity index is 160. The van der Waals surface area contributed by atoms with Crippen molar-refractivity contribution in [2.24, 2.45) is 0 Å². The summed E-state index contributed by atoms with van der Waals surface area (Å²) < 4.78 is 0. The molecular weight excluding hydrogens is 174 g/mol. The first-order valence-corrected chi connectivity index (χ1v) is 6.07. The third-order valence-electron chi connectivity index (χ3n) is 3.32. The van der Waals surface area contributed by atoms with Crippen molar-refractivity contribution in [1.29, 1.82) is 0 Å². The van der Waals surface area contributed by atoms with Gasteiger partial charge in [0.15, 0.2) is 0 Å². The van der Waals surface area contributed by atoms with Crippen molar-refractivity contribution in [3.05, 3.63) is 0 Å². The summed E-state index contributed by atoms with van der Waals surface area (Å²) in [6.45, 7) is 10.8. The van der Waals surface area contributed by atoms with Crippen LogP contribution in [-0.4, -0.2) is 61.7 Å². The Balaban J connectivity index is 1.58. The monoisotopic (exact) mass is 197 g/mol. The largest absolute Gasteiger partial charge is 0.316 e. The number of nitrogens with zero attached hydrogens (tertiary/aromatic N) is 2. The summed E-state index contributed by atoms with van der Waals surface area (Å²) in [4.78, 5) is 5.26. The standard InChI is InChI=1S/C11H23N3/c1-2-12-5-6-13-7-9-14(10-8-13)11-3-4-11/h11-12H,2-10H2,1H3. The fourth-order valence-electron chi connectivity index (χ4n) is 2.21. The molecule has 3 nitrogen and oxygen atoms in total. The van der Waals surface area contributed by atoms with Crippen LogP contribution in [0.5, 0.6) is 0 Å². The van der Waals surface area contributed by atoms with E-state index in [1.807, 2.05) is 0 Å². The summed E-state index contributed by atoms with van der Waals surface area (Å²) in [5.74, 6) is 0. The van der Waals surface area contributed by atoms with Crippen molar-refractivity contribution in [3.63, 3.8) is 0 Å². The van der Waals surface area contributed by atoms with Crippen molar-refractivity contribution in [1.82, 2.24) is 15.1 Å². The first kappa shape index (κ1) is 10.4. The van der Waals surface area contributed by atoms with E-state index in [4.69, 9.17) is 0 Å². The van der Waals surface area contributed by atoms with E-state index in [0.717, 1.165) is 19.1 Å². The van der Waals surface area contributed by atoms with Crippen LogP contribution < -0.4 is 5.32 Å². The number of rotatable bonds is 5. The smallest absolute Gasteiger partial charge is 0.0113 e. The molecule has 1 saturated heterocycles. The lowest BCUT2D eigenvalue weighted by Crippen LogP contribution is -2.48. The lowest BCUT2D eigenvalue weighted by molar-refractivity contribution is 0.127. The molecule has 0 aromatic carbocycles. The minimum atomic E-state index is 0.964. The van der Waals surface area contributed by atoms with E-state index in [1.54, 1.807) is 0 Å². The van der Waals surface area contributed by atoms with Gasteiger partial charge in [0.25, 0.3) is 0 Å². The van der Waals surface area contributed by atoms with E-state index in [2.05, 4.69) is 22.0 Å². The molecule has 82 valence electrons. The summed E-state index contributed by atoms with van der Waals surface area (Å²) >= 11 is 0. The van der Waals surface area contributed by atoms with Gasteiger partial charge in [0.2, 0.25) is 0 Å². The minimum Gasteiger partial charge on any atom is -0.316 e. The molecule has 14 heavy (non-hydrogen) atoms. The number of hydrogen-bond acceptors (Lipinski definition) is 3. The molecule has 1 aliphatic heterocycles. The first-order valence-electron chi connectivity index (χ1n) is 6.07. The van der Waals surface area contributed by atoms with Crippen LogP contribution in [0.3, 0.4) is 0 Å². The van der Waals surface area contributed by atoms with E-state index in [0.29, 0.717) is 0 Å². The molecule has 2 aliphatic rings. The minimum absolute atomic E-state index is 0.964. The first-order chi connectivity index (χ1) is 6.90. The highest BCUT2D eigenvalue weighted by atomic mass is 15.3. The van der Waals surface area contributed by atoms with Crippen molar-refractivity contribution >= 4 is 0 Å². The molecule has 3 heteroatoms. The molecule has 0 radical (unpaired) electrons. The lowest BCUT2D eigenvalue weighted by Gasteiger charge is -2.34. The quantitative estimate of drug-likeness (QED) is 0.643. The van der Waals surface area contributed by atoms with Gasteiger partial charge in [-0.25, -0.2) is 0 Å². The van der Waals surface area contributed by atoms with Crippen molar-refractivity contribution in [2.75, 3.05) is 45.8 Å². The maximum absolute atomic E-state index is 3.39. The molecule has 1 heterocycles. The molecule has 0 unspecified atom stereocenters. The Labute approximate surface area is 87.4 Å². The zero-order valence-electron chi connectivity index (χ0n) is 9.34. The molecule has 0 bridgehead atoms. The fraction of sp³-hybridized carbons (Fsp3) is 1.00. The van der Waals surface area contributed by atoms with Crippen LogP contribution in [-0.2, 0) is 0 Å². The number of hydrogen-bond donors (Lipinski definition) is 1. The van der Waals surface area contributed by atoms with E-state index < -0.39 is 0 Å². The topological polar surface area (TPSA) is 18.5 Å². The summed E-state index contributed by atoms with van der Waals surface area (Å²) in [5.41, 5.74) is 0. The molecule has 0 amide bonds. The van der Waals surface area contributed by atoms with Crippen LogP contribution >= 0.6 is 0 Å². The normalized spacial score (nSPS) is 25.5. The summed E-state index contributed by atoms with van der Waals surface area (Å²) in [6, 6.07) is 0.964. The van der Waals surface area contributed by atoms with Crippen LogP contribution in [0.2, 0.25) is 0 Å². The SMILES string of the molecule is CCNCCN1CCN(C2CC2)CC1. The second-order valence-corrected chi connectivity index (χ2v) is 4.46. The summed E-state index contributed by atoms with van der Waals surface area (Å²) in [6.07, 6.45) is 2.91. The zero-order valence-corrected chi connectivity index (χ0v) is 9.34. The Morgan fingerprint density at radius 1 is 1.14 bits per heavy atom. The highest BCUT2D eigenvalue weighted by Crippen LogP contribution is 2.27. The third-order valence-corrected chi connectivity index (χ3v) is 3.32.